The molecule has 3 aromatic carbocycles. The first kappa shape index (κ1) is 17.1. The van der Waals surface area contributed by atoms with Gasteiger partial charge in [0.1, 0.15) is 10.7 Å². The van der Waals surface area contributed by atoms with Gasteiger partial charge in [-0.2, -0.15) is 0 Å². The van der Waals surface area contributed by atoms with Crippen LogP contribution in [0, 0.1) is 5.82 Å². The Kier molecular flexibility index (Phi) is 4.52. The Bertz CT molecular complexity index is 1060. The average molecular weight is 358 g/mol. The van der Waals surface area contributed by atoms with Crippen LogP contribution < -0.4 is 9.83 Å². The Morgan fingerprint density at radius 3 is 2.52 bits per heavy atom. The van der Waals surface area contributed by atoms with Crippen LogP contribution in [0.2, 0.25) is 0 Å². The van der Waals surface area contributed by atoms with Crippen molar-refractivity contribution in [2.45, 2.75) is 11.4 Å². The van der Waals surface area contributed by atoms with Crippen molar-refractivity contribution in [3.05, 3.63) is 77.6 Å². The second kappa shape index (κ2) is 6.62. The van der Waals surface area contributed by atoms with Gasteiger partial charge in [0.25, 0.3) is 0 Å². The smallest absolute Gasteiger partial charge is 0.243 e. The topological polar surface area (TPSA) is 86.3 Å². The molecule has 0 atom stereocenters. The molecule has 1 N–H and O–H groups in total. The van der Waals surface area contributed by atoms with E-state index in [2.05, 4.69) is 4.72 Å². The highest BCUT2D eigenvalue weighted by Gasteiger charge is 2.20. The maximum absolute atomic E-state index is 13.9. The summed E-state index contributed by atoms with van der Waals surface area (Å²) in [7, 11) is -4.23. The molecule has 0 fully saturated rings. The van der Waals surface area contributed by atoms with Crippen LogP contribution in [0.15, 0.2) is 65.6 Å². The van der Waals surface area contributed by atoms with Gasteiger partial charge >= 0.3 is 0 Å². The van der Waals surface area contributed by atoms with Gasteiger partial charge in [0.2, 0.25) is 10.0 Å². The second-order valence-electron chi connectivity index (χ2n) is 5.40. The second-order valence-corrected chi connectivity index (χ2v) is 7.13. The van der Waals surface area contributed by atoms with Crippen molar-refractivity contribution >= 4 is 26.8 Å². The monoisotopic (exact) mass is 358 g/mol. The molecule has 0 aliphatic carbocycles. The summed E-state index contributed by atoms with van der Waals surface area (Å²) < 4.78 is 40.9. The molecule has 7 heteroatoms. The quantitative estimate of drug-likeness (QED) is 0.754. The van der Waals surface area contributed by atoms with Gasteiger partial charge in [0.05, 0.1) is 5.97 Å². The van der Waals surface area contributed by atoms with E-state index in [1.165, 1.54) is 0 Å². The molecule has 0 unspecified atom stereocenters. The number of nitrogens with one attached hydrogen (secondary N) is 1. The van der Waals surface area contributed by atoms with Crippen LogP contribution in [-0.2, 0) is 16.6 Å². The summed E-state index contributed by atoms with van der Waals surface area (Å²) in [4.78, 5) is 10.1. The molecule has 0 saturated carbocycles. The van der Waals surface area contributed by atoms with Gasteiger partial charge in [-0.3, -0.25) is 0 Å². The van der Waals surface area contributed by atoms with E-state index in [1.807, 2.05) is 30.3 Å². The minimum atomic E-state index is -4.23. The molecular formula is C18H13FNO4S-. The van der Waals surface area contributed by atoms with Crippen molar-refractivity contribution in [2.24, 2.45) is 0 Å². The SMILES string of the molecule is O=C([O-])c1ccc(F)c(S(=O)(=O)NCc2cccc3ccccc23)c1. The lowest BCUT2D eigenvalue weighted by Gasteiger charge is -2.11. The van der Waals surface area contributed by atoms with Gasteiger partial charge in [0.15, 0.2) is 0 Å². The fraction of sp³-hybridized carbons (Fsp3) is 0.0556. The Labute approximate surface area is 143 Å². The molecular weight excluding hydrogens is 345 g/mol. The minimum Gasteiger partial charge on any atom is -0.545 e. The molecule has 3 aromatic rings. The summed E-state index contributed by atoms with van der Waals surface area (Å²) in [6.07, 6.45) is 0. The summed E-state index contributed by atoms with van der Waals surface area (Å²) in [6, 6.07) is 15.4. The van der Waals surface area contributed by atoms with E-state index in [9.17, 15) is 22.7 Å². The van der Waals surface area contributed by atoms with E-state index >= 15 is 0 Å². The number of carboxylic acid groups (broad SMARTS) is 1. The number of sulfonamides is 1. The fourth-order valence-electron chi connectivity index (χ4n) is 2.53. The maximum Gasteiger partial charge on any atom is 0.243 e. The van der Waals surface area contributed by atoms with E-state index in [1.54, 1.807) is 12.1 Å². The van der Waals surface area contributed by atoms with Gasteiger partial charge in [-0.15, -0.1) is 0 Å². The van der Waals surface area contributed by atoms with Crippen LogP contribution in [0.5, 0.6) is 0 Å². The number of aromatic carboxylic acids is 1. The molecule has 128 valence electrons. The van der Waals surface area contributed by atoms with Gasteiger partial charge in [-0.25, -0.2) is 17.5 Å². The third kappa shape index (κ3) is 3.52. The van der Waals surface area contributed by atoms with E-state index in [-0.39, 0.29) is 6.54 Å². The number of carbonyl (C=O) groups excluding carboxylic acids is 1. The maximum atomic E-state index is 13.9. The average Bonchev–Trinajstić information content (AvgIpc) is 2.60. The zero-order valence-corrected chi connectivity index (χ0v) is 13.7. The molecule has 0 heterocycles. The molecule has 3 rings (SSSR count). The Morgan fingerprint density at radius 1 is 1.04 bits per heavy atom. The predicted molar refractivity (Wildman–Crippen MR) is 88.7 cm³/mol. The molecule has 5 nitrogen and oxygen atoms in total. The van der Waals surface area contributed by atoms with Crippen LogP contribution >= 0.6 is 0 Å². The molecule has 0 bridgehead atoms. The standard InChI is InChI=1S/C18H14FNO4S/c19-16-9-8-13(18(21)22)10-17(16)25(23,24)20-11-14-6-3-5-12-4-1-2-7-15(12)14/h1-10,20H,11H2,(H,21,22)/p-1. The number of hydrogen-bond donors (Lipinski definition) is 1. The number of carboxylic acids is 1. The number of hydrogen-bond acceptors (Lipinski definition) is 4. The highest BCUT2D eigenvalue weighted by atomic mass is 32.2. The van der Waals surface area contributed by atoms with Crippen LogP contribution in [-0.4, -0.2) is 14.4 Å². The van der Waals surface area contributed by atoms with Crippen LogP contribution in [0.25, 0.3) is 10.8 Å². The minimum absolute atomic E-state index is 0.0569. The van der Waals surface area contributed by atoms with Crippen molar-refractivity contribution in [3.63, 3.8) is 0 Å². The van der Waals surface area contributed by atoms with Crippen LogP contribution in [0.1, 0.15) is 15.9 Å². The lowest BCUT2D eigenvalue weighted by Crippen LogP contribution is -2.26. The number of benzene rings is 3. The van der Waals surface area contributed by atoms with Crippen LogP contribution in [0.3, 0.4) is 0 Å². The van der Waals surface area contributed by atoms with E-state index in [0.717, 1.165) is 34.5 Å². The number of fused-ring (bicyclic) bond motifs is 1. The molecule has 0 aromatic heterocycles. The summed E-state index contributed by atoms with van der Waals surface area (Å²) in [5.74, 6) is -2.61. The molecule has 0 saturated heterocycles. The molecule has 0 aliphatic rings. The third-order valence-corrected chi connectivity index (χ3v) is 5.21. The van der Waals surface area contributed by atoms with E-state index in [0.29, 0.717) is 0 Å². The highest BCUT2D eigenvalue weighted by molar-refractivity contribution is 7.89. The van der Waals surface area contributed by atoms with Crippen molar-refractivity contribution in [1.82, 2.24) is 4.72 Å². The zero-order chi connectivity index (χ0) is 18.0. The largest absolute Gasteiger partial charge is 0.545 e. The van der Waals surface area contributed by atoms with Gasteiger partial charge < -0.3 is 9.90 Å². The van der Waals surface area contributed by atoms with E-state index in [4.69, 9.17) is 0 Å². The van der Waals surface area contributed by atoms with Crippen molar-refractivity contribution in [1.29, 1.82) is 0 Å². The molecule has 0 radical (unpaired) electrons. The Morgan fingerprint density at radius 2 is 1.76 bits per heavy atom. The van der Waals surface area contributed by atoms with Crippen LogP contribution in [0.4, 0.5) is 4.39 Å². The van der Waals surface area contributed by atoms with E-state index < -0.39 is 32.3 Å². The number of carbonyl (C=O) groups is 1. The normalized spacial score (nSPS) is 11.6. The first-order valence-electron chi connectivity index (χ1n) is 7.36. The zero-order valence-electron chi connectivity index (χ0n) is 12.9. The summed E-state index contributed by atoms with van der Waals surface area (Å²) in [5.41, 5.74) is 0.310. The Balaban J connectivity index is 1.92. The summed E-state index contributed by atoms with van der Waals surface area (Å²) in [5, 5.41) is 12.7. The molecule has 0 spiro atoms. The molecule has 0 amide bonds. The third-order valence-electron chi connectivity index (χ3n) is 3.79. The molecule has 0 aliphatic heterocycles. The van der Waals surface area contributed by atoms with Gasteiger partial charge in [0, 0.05) is 6.54 Å². The Hall–Kier alpha value is -2.77. The fourth-order valence-corrected chi connectivity index (χ4v) is 3.64. The lowest BCUT2D eigenvalue weighted by molar-refractivity contribution is -0.255. The summed E-state index contributed by atoms with van der Waals surface area (Å²) in [6.45, 7) is -0.0569. The highest BCUT2D eigenvalue weighted by Crippen LogP contribution is 2.20. The molecule has 25 heavy (non-hydrogen) atoms. The first-order valence-corrected chi connectivity index (χ1v) is 8.84. The lowest BCUT2D eigenvalue weighted by atomic mass is 10.1. The van der Waals surface area contributed by atoms with Crippen molar-refractivity contribution in [3.8, 4) is 0 Å². The van der Waals surface area contributed by atoms with Gasteiger partial charge in [-0.1, -0.05) is 48.5 Å². The van der Waals surface area contributed by atoms with Crippen molar-refractivity contribution in [2.75, 3.05) is 0 Å². The number of halogens is 1. The number of rotatable bonds is 5. The van der Waals surface area contributed by atoms with Crippen molar-refractivity contribution < 1.29 is 22.7 Å². The predicted octanol–water partition coefficient (Wildman–Crippen LogP) is 1.82. The van der Waals surface area contributed by atoms with Gasteiger partial charge in [-0.05, 0) is 34.0 Å². The summed E-state index contributed by atoms with van der Waals surface area (Å²) >= 11 is 0. The first-order chi connectivity index (χ1) is 11.9.